The van der Waals surface area contributed by atoms with Crippen molar-refractivity contribution in [3.63, 3.8) is 0 Å². The van der Waals surface area contributed by atoms with Crippen molar-refractivity contribution in [3.8, 4) is 0 Å². The van der Waals surface area contributed by atoms with Gasteiger partial charge in [-0.1, -0.05) is 12.1 Å². The molecule has 0 saturated heterocycles. The predicted molar refractivity (Wildman–Crippen MR) is 73.3 cm³/mol. The van der Waals surface area contributed by atoms with Crippen molar-refractivity contribution in [1.29, 1.82) is 0 Å². The van der Waals surface area contributed by atoms with Crippen LogP contribution in [0.15, 0.2) is 35.9 Å². The maximum atomic E-state index is 13.1. The molecule has 1 aliphatic carbocycles. The first kappa shape index (κ1) is 11.9. The number of aliphatic hydroxyl groups is 1. The van der Waals surface area contributed by atoms with Crippen molar-refractivity contribution in [2.75, 3.05) is 0 Å². The van der Waals surface area contributed by atoms with E-state index in [4.69, 9.17) is 0 Å². The molecule has 0 spiro atoms. The molecule has 0 bridgehead atoms. The van der Waals surface area contributed by atoms with Gasteiger partial charge in [0.1, 0.15) is 11.9 Å². The van der Waals surface area contributed by atoms with Gasteiger partial charge in [-0.05, 0) is 54.8 Å². The summed E-state index contributed by atoms with van der Waals surface area (Å²) in [4.78, 5) is 0.920. The lowest BCUT2D eigenvalue weighted by molar-refractivity contribution is 0.212. The van der Waals surface area contributed by atoms with Crippen LogP contribution in [0, 0.1) is 5.82 Å². The lowest BCUT2D eigenvalue weighted by atomic mass is 9.95. The van der Waals surface area contributed by atoms with Crippen molar-refractivity contribution in [1.82, 2.24) is 0 Å². The minimum Gasteiger partial charge on any atom is -0.383 e. The maximum Gasteiger partial charge on any atom is 0.124 e. The SMILES string of the molecule is OC(C1=CCCCC1)c1cc2ccc(F)cc2s1. The van der Waals surface area contributed by atoms with Gasteiger partial charge in [-0.15, -0.1) is 11.3 Å². The van der Waals surface area contributed by atoms with Gasteiger partial charge >= 0.3 is 0 Å². The lowest BCUT2D eigenvalue weighted by Gasteiger charge is -2.17. The molecule has 1 heterocycles. The molecule has 3 rings (SSSR count). The highest BCUT2D eigenvalue weighted by Gasteiger charge is 2.17. The van der Waals surface area contributed by atoms with E-state index in [1.807, 2.05) is 6.07 Å². The molecule has 0 radical (unpaired) electrons. The van der Waals surface area contributed by atoms with Crippen LogP contribution in [0.2, 0.25) is 0 Å². The lowest BCUT2D eigenvalue weighted by Crippen LogP contribution is -2.02. The highest BCUT2D eigenvalue weighted by Crippen LogP contribution is 2.36. The van der Waals surface area contributed by atoms with Crippen LogP contribution in [0.3, 0.4) is 0 Å². The number of benzene rings is 1. The maximum absolute atomic E-state index is 13.1. The third-order valence-electron chi connectivity index (χ3n) is 3.45. The summed E-state index contributed by atoms with van der Waals surface area (Å²) in [6.45, 7) is 0. The van der Waals surface area contributed by atoms with Gasteiger partial charge in [0.25, 0.3) is 0 Å². The average Bonchev–Trinajstić information content (AvgIpc) is 2.81. The molecule has 0 saturated carbocycles. The highest BCUT2D eigenvalue weighted by molar-refractivity contribution is 7.19. The Morgan fingerprint density at radius 3 is 2.89 bits per heavy atom. The molecule has 1 nitrogen and oxygen atoms in total. The van der Waals surface area contributed by atoms with Gasteiger partial charge in [0.15, 0.2) is 0 Å². The van der Waals surface area contributed by atoms with Crippen LogP contribution in [-0.2, 0) is 0 Å². The third-order valence-corrected chi connectivity index (χ3v) is 4.60. The van der Waals surface area contributed by atoms with Crippen molar-refractivity contribution >= 4 is 21.4 Å². The Hall–Kier alpha value is -1.19. The van der Waals surface area contributed by atoms with Gasteiger partial charge in [-0.25, -0.2) is 4.39 Å². The van der Waals surface area contributed by atoms with Crippen LogP contribution in [0.4, 0.5) is 4.39 Å². The van der Waals surface area contributed by atoms with Crippen LogP contribution >= 0.6 is 11.3 Å². The van der Waals surface area contributed by atoms with E-state index in [1.54, 1.807) is 6.07 Å². The normalized spacial score (nSPS) is 17.8. The zero-order valence-corrected chi connectivity index (χ0v) is 10.8. The zero-order chi connectivity index (χ0) is 12.5. The minimum absolute atomic E-state index is 0.220. The second-order valence-corrected chi connectivity index (χ2v) is 5.87. The largest absolute Gasteiger partial charge is 0.383 e. The molecule has 1 aromatic carbocycles. The first-order valence-electron chi connectivity index (χ1n) is 6.30. The van der Waals surface area contributed by atoms with E-state index in [0.717, 1.165) is 39.8 Å². The van der Waals surface area contributed by atoms with E-state index in [1.165, 1.54) is 29.9 Å². The molecular weight excluding hydrogens is 247 g/mol. The minimum atomic E-state index is -0.509. The zero-order valence-electron chi connectivity index (χ0n) is 10.0. The van der Waals surface area contributed by atoms with Crippen molar-refractivity contribution in [3.05, 3.63) is 46.6 Å². The number of rotatable bonds is 2. The molecule has 1 aliphatic rings. The molecule has 0 aliphatic heterocycles. The Balaban J connectivity index is 1.96. The van der Waals surface area contributed by atoms with Gasteiger partial charge in [-0.2, -0.15) is 0 Å². The van der Waals surface area contributed by atoms with E-state index in [-0.39, 0.29) is 5.82 Å². The molecule has 3 heteroatoms. The fraction of sp³-hybridized carbons (Fsp3) is 0.333. The molecule has 2 aromatic rings. The summed E-state index contributed by atoms with van der Waals surface area (Å²) in [5.41, 5.74) is 1.12. The van der Waals surface area contributed by atoms with Crippen LogP contribution in [0.25, 0.3) is 10.1 Å². The molecule has 94 valence electrons. The Morgan fingerprint density at radius 1 is 1.22 bits per heavy atom. The van der Waals surface area contributed by atoms with E-state index in [2.05, 4.69) is 6.08 Å². The first-order chi connectivity index (χ1) is 8.74. The van der Waals surface area contributed by atoms with Gasteiger partial charge < -0.3 is 5.11 Å². The van der Waals surface area contributed by atoms with E-state index < -0.39 is 6.10 Å². The van der Waals surface area contributed by atoms with Crippen molar-refractivity contribution in [2.45, 2.75) is 31.8 Å². The number of hydrogen-bond acceptors (Lipinski definition) is 2. The van der Waals surface area contributed by atoms with Crippen LogP contribution in [-0.4, -0.2) is 5.11 Å². The standard InChI is InChI=1S/C15H15FOS/c16-12-7-6-11-8-14(18-13(11)9-12)15(17)10-4-2-1-3-5-10/h4,6-9,15,17H,1-3,5H2. The Kier molecular flexibility index (Phi) is 3.18. The molecule has 0 amide bonds. The topological polar surface area (TPSA) is 20.2 Å². The number of hydrogen-bond donors (Lipinski definition) is 1. The third kappa shape index (κ3) is 2.20. The molecular formula is C15H15FOS. The summed E-state index contributed by atoms with van der Waals surface area (Å²) in [6.07, 6.45) is 6.05. The molecule has 1 aromatic heterocycles. The summed E-state index contributed by atoms with van der Waals surface area (Å²) in [5, 5.41) is 11.4. The predicted octanol–water partition coefficient (Wildman–Crippen LogP) is 4.57. The number of fused-ring (bicyclic) bond motifs is 1. The van der Waals surface area contributed by atoms with Crippen LogP contribution < -0.4 is 0 Å². The van der Waals surface area contributed by atoms with Gasteiger partial charge in [-0.3, -0.25) is 0 Å². The van der Waals surface area contributed by atoms with Gasteiger partial charge in [0, 0.05) is 9.58 Å². The van der Waals surface area contributed by atoms with Crippen LogP contribution in [0.5, 0.6) is 0 Å². The fourth-order valence-corrected chi connectivity index (χ4v) is 3.57. The highest BCUT2D eigenvalue weighted by atomic mass is 32.1. The summed E-state index contributed by atoms with van der Waals surface area (Å²) in [5.74, 6) is -0.220. The molecule has 1 N–H and O–H groups in total. The van der Waals surface area contributed by atoms with E-state index >= 15 is 0 Å². The number of aliphatic hydroxyl groups excluding tert-OH is 1. The second kappa shape index (κ2) is 4.82. The Labute approximate surface area is 110 Å². The van der Waals surface area contributed by atoms with E-state index in [0.29, 0.717) is 0 Å². The van der Waals surface area contributed by atoms with Gasteiger partial charge in [0.2, 0.25) is 0 Å². The summed E-state index contributed by atoms with van der Waals surface area (Å²) in [6, 6.07) is 6.74. The smallest absolute Gasteiger partial charge is 0.124 e. The molecule has 0 fully saturated rings. The number of halogens is 1. The fourth-order valence-electron chi connectivity index (χ4n) is 2.45. The van der Waals surface area contributed by atoms with Crippen molar-refractivity contribution < 1.29 is 9.50 Å². The first-order valence-corrected chi connectivity index (χ1v) is 7.12. The number of allylic oxidation sites excluding steroid dienone is 1. The Bertz CT molecular complexity index is 600. The Morgan fingerprint density at radius 2 is 2.11 bits per heavy atom. The summed E-state index contributed by atoms with van der Waals surface area (Å²) >= 11 is 1.48. The molecule has 1 atom stereocenters. The van der Waals surface area contributed by atoms with Gasteiger partial charge in [0.05, 0.1) is 0 Å². The summed E-state index contributed by atoms with van der Waals surface area (Å²) < 4.78 is 14.0. The number of thiophene rings is 1. The second-order valence-electron chi connectivity index (χ2n) is 4.76. The monoisotopic (exact) mass is 262 g/mol. The quantitative estimate of drug-likeness (QED) is 0.786. The van der Waals surface area contributed by atoms with Crippen LogP contribution in [0.1, 0.15) is 36.7 Å². The molecule has 18 heavy (non-hydrogen) atoms. The van der Waals surface area contributed by atoms with E-state index in [9.17, 15) is 9.50 Å². The molecule has 1 unspecified atom stereocenters. The average molecular weight is 262 g/mol. The van der Waals surface area contributed by atoms with Crippen molar-refractivity contribution in [2.24, 2.45) is 0 Å². The summed E-state index contributed by atoms with van der Waals surface area (Å²) in [7, 11) is 0.